The van der Waals surface area contributed by atoms with Gasteiger partial charge in [-0.15, -0.1) is 11.8 Å². The number of amides is 2. The van der Waals surface area contributed by atoms with E-state index in [2.05, 4.69) is 26.6 Å². The molecule has 3 aromatic carbocycles. The summed E-state index contributed by atoms with van der Waals surface area (Å²) in [6, 6.07) is 25.1. The van der Waals surface area contributed by atoms with Crippen LogP contribution in [0.1, 0.15) is 42.9 Å². The molecule has 4 rings (SSSR count). The summed E-state index contributed by atoms with van der Waals surface area (Å²) in [5.74, 6) is 0.0973. The minimum atomic E-state index is -0.442. The van der Waals surface area contributed by atoms with Crippen molar-refractivity contribution >= 4 is 50.9 Å². The molecule has 0 aromatic heterocycles. The van der Waals surface area contributed by atoms with E-state index in [1.54, 1.807) is 0 Å². The predicted molar refractivity (Wildman–Crippen MR) is 139 cm³/mol. The second kappa shape index (κ2) is 11.5. The lowest BCUT2D eigenvalue weighted by molar-refractivity contribution is -0.120. The van der Waals surface area contributed by atoms with Crippen molar-refractivity contribution < 1.29 is 9.59 Å². The molecule has 0 aliphatic heterocycles. The van der Waals surface area contributed by atoms with Crippen LogP contribution in [0, 0.1) is 5.92 Å². The molecule has 0 spiro atoms. The topological polar surface area (TPSA) is 58.2 Å². The van der Waals surface area contributed by atoms with Gasteiger partial charge < -0.3 is 10.6 Å². The Bertz CT molecular complexity index is 1100. The lowest BCUT2D eigenvalue weighted by Crippen LogP contribution is -2.24. The van der Waals surface area contributed by atoms with Crippen LogP contribution in [0.25, 0.3) is 0 Å². The molecule has 3 aromatic rings. The molecule has 1 aliphatic rings. The van der Waals surface area contributed by atoms with Gasteiger partial charge in [0.1, 0.15) is 5.25 Å². The van der Waals surface area contributed by atoms with E-state index >= 15 is 0 Å². The maximum atomic E-state index is 13.3. The smallest absolute Gasteiger partial charge is 0.242 e. The summed E-state index contributed by atoms with van der Waals surface area (Å²) in [7, 11) is 0. The highest BCUT2D eigenvalue weighted by atomic mass is 79.9. The Morgan fingerprint density at radius 1 is 0.848 bits per heavy atom. The first-order chi connectivity index (χ1) is 16.1. The van der Waals surface area contributed by atoms with E-state index in [0.29, 0.717) is 0 Å². The minimum absolute atomic E-state index is 0.0993. The fourth-order valence-electron chi connectivity index (χ4n) is 4.05. The molecule has 1 fully saturated rings. The van der Waals surface area contributed by atoms with Crippen LogP contribution in [0.3, 0.4) is 0 Å². The van der Waals surface area contributed by atoms with Crippen LogP contribution in [-0.4, -0.2) is 11.8 Å². The van der Waals surface area contributed by atoms with Crippen LogP contribution >= 0.6 is 27.7 Å². The molecule has 0 radical (unpaired) electrons. The average molecular weight is 523 g/mol. The van der Waals surface area contributed by atoms with Crippen molar-refractivity contribution in [3.63, 3.8) is 0 Å². The number of anilines is 2. The summed E-state index contributed by atoms with van der Waals surface area (Å²) in [5, 5.41) is 5.68. The summed E-state index contributed by atoms with van der Waals surface area (Å²) in [5.41, 5.74) is 2.43. The average Bonchev–Trinajstić information content (AvgIpc) is 2.85. The highest BCUT2D eigenvalue weighted by Crippen LogP contribution is 2.38. The highest BCUT2D eigenvalue weighted by Gasteiger charge is 2.24. The van der Waals surface area contributed by atoms with Crippen molar-refractivity contribution in [1.29, 1.82) is 0 Å². The maximum Gasteiger partial charge on any atom is 0.242 e. The number of benzene rings is 3. The molecule has 4 nitrogen and oxygen atoms in total. The zero-order valence-corrected chi connectivity index (χ0v) is 20.7. The molecule has 2 amide bonds. The number of rotatable bonds is 7. The van der Waals surface area contributed by atoms with E-state index in [4.69, 9.17) is 0 Å². The molecule has 33 heavy (non-hydrogen) atoms. The highest BCUT2D eigenvalue weighted by molar-refractivity contribution is 9.10. The van der Waals surface area contributed by atoms with Crippen molar-refractivity contribution in [2.75, 3.05) is 10.6 Å². The van der Waals surface area contributed by atoms with Gasteiger partial charge in [-0.3, -0.25) is 9.59 Å². The van der Waals surface area contributed by atoms with Crippen molar-refractivity contribution in [3.8, 4) is 0 Å². The molecule has 6 heteroatoms. The number of carbonyl (C=O) groups is 2. The lowest BCUT2D eigenvalue weighted by Gasteiger charge is -2.21. The van der Waals surface area contributed by atoms with E-state index < -0.39 is 5.25 Å². The summed E-state index contributed by atoms with van der Waals surface area (Å²) < 4.78 is 0.836. The molecule has 1 unspecified atom stereocenters. The van der Waals surface area contributed by atoms with Crippen molar-refractivity contribution in [2.45, 2.75) is 42.2 Å². The van der Waals surface area contributed by atoms with Crippen LogP contribution in [-0.2, 0) is 9.59 Å². The molecule has 0 saturated heterocycles. The lowest BCUT2D eigenvalue weighted by atomic mass is 9.88. The molecule has 0 heterocycles. The van der Waals surface area contributed by atoms with Crippen LogP contribution in [0.4, 0.5) is 11.4 Å². The summed E-state index contributed by atoms with van der Waals surface area (Å²) >= 11 is 4.97. The quantitative estimate of drug-likeness (QED) is 0.317. The van der Waals surface area contributed by atoms with Crippen LogP contribution in [0.2, 0.25) is 0 Å². The van der Waals surface area contributed by atoms with Crippen molar-refractivity contribution in [2.24, 2.45) is 5.92 Å². The molecule has 1 aliphatic carbocycles. The van der Waals surface area contributed by atoms with Gasteiger partial charge in [-0.05, 0) is 64.7 Å². The van der Waals surface area contributed by atoms with Crippen molar-refractivity contribution in [3.05, 3.63) is 88.9 Å². The van der Waals surface area contributed by atoms with Crippen molar-refractivity contribution in [1.82, 2.24) is 0 Å². The second-order valence-corrected chi connectivity index (χ2v) is 10.3. The van der Waals surface area contributed by atoms with Gasteiger partial charge in [0.25, 0.3) is 0 Å². The number of carbonyl (C=O) groups excluding carboxylic acids is 2. The third-order valence-electron chi connectivity index (χ3n) is 5.80. The zero-order chi connectivity index (χ0) is 23.0. The zero-order valence-electron chi connectivity index (χ0n) is 18.3. The SMILES string of the molecule is O=C(Nc1cccc(SC(C(=O)Nc2ccccc2Br)c2ccccc2)c1)C1CCCCC1. The van der Waals surface area contributed by atoms with Crippen LogP contribution in [0.5, 0.6) is 0 Å². The maximum absolute atomic E-state index is 13.3. The normalized spacial score (nSPS) is 14.9. The first-order valence-corrected chi connectivity index (χ1v) is 13.0. The molecule has 2 N–H and O–H groups in total. The Hall–Kier alpha value is -2.57. The summed E-state index contributed by atoms with van der Waals surface area (Å²) in [4.78, 5) is 26.9. The van der Waals surface area contributed by atoms with Gasteiger partial charge in [-0.2, -0.15) is 0 Å². The Labute approximate surface area is 207 Å². The van der Waals surface area contributed by atoms with Gasteiger partial charge in [0.2, 0.25) is 11.8 Å². The summed E-state index contributed by atoms with van der Waals surface area (Å²) in [6.45, 7) is 0. The Kier molecular flexibility index (Phi) is 8.24. The first-order valence-electron chi connectivity index (χ1n) is 11.3. The number of para-hydroxylation sites is 1. The fraction of sp³-hybridized carbons (Fsp3) is 0.259. The van der Waals surface area contributed by atoms with Gasteiger partial charge in [0.15, 0.2) is 0 Å². The third-order valence-corrected chi connectivity index (χ3v) is 7.74. The summed E-state index contributed by atoms with van der Waals surface area (Å²) in [6.07, 6.45) is 5.40. The predicted octanol–water partition coefficient (Wildman–Crippen LogP) is 7.44. The third kappa shape index (κ3) is 6.49. The van der Waals surface area contributed by atoms with Crippen LogP contribution < -0.4 is 10.6 Å². The molecule has 170 valence electrons. The Balaban J connectivity index is 1.51. The number of hydrogen-bond donors (Lipinski definition) is 2. The van der Waals surface area contributed by atoms with E-state index in [1.807, 2.05) is 78.9 Å². The molecular formula is C27H27BrN2O2S. The minimum Gasteiger partial charge on any atom is -0.326 e. The van der Waals surface area contributed by atoms with E-state index in [-0.39, 0.29) is 17.7 Å². The Morgan fingerprint density at radius 3 is 2.33 bits per heavy atom. The fourth-order valence-corrected chi connectivity index (χ4v) is 5.52. The second-order valence-electron chi connectivity index (χ2n) is 8.23. The largest absolute Gasteiger partial charge is 0.326 e. The number of hydrogen-bond acceptors (Lipinski definition) is 3. The first kappa shape index (κ1) is 23.6. The van der Waals surface area contributed by atoms with Gasteiger partial charge >= 0.3 is 0 Å². The molecule has 0 bridgehead atoms. The van der Waals surface area contributed by atoms with E-state index in [0.717, 1.165) is 52.0 Å². The monoisotopic (exact) mass is 522 g/mol. The van der Waals surface area contributed by atoms with Gasteiger partial charge in [0, 0.05) is 21.0 Å². The van der Waals surface area contributed by atoms with E-state index in [9.17, 15) is 9.59 Å². The standard InChI is InChI=1S/C27H27BrN2O2S/c28-23-16-7-8-17-24(23)30-27(32)25(19-10-3-1-4-11-19)33-22-15-9-14-21(18-22)29-26(31)20-12-5-2-6-13-20/h1,3-4,7-11,14-18,20,25H,2,5-6,12-13H2,(H,29,31)(H,30,32). The number of halogens is 1. The van der Waals surface area contributed by atoms with Gasteiger partial charge in [0.05, 0.1) is 5.69 Å². The van der Waals surface area contributed by atoms with Gasteiger partial charge in [-0.1, -0.05) is 67.8 Å². The van der Waals surface area contributed by atoms with Crippen LogP contribution in [0.15, 0.2) is 88.2 Å². The Morgan fingerprint density at radius 2 is 1.58 bits per heavy atom. The molecular weight excluding hydrogens is 496 g/mol. The van der Waals surface area contributed by atoms with Gasteiger partial charge in [-0.25, -0.2) is 0 Å². The number of thioether (sulfide) groups is 1. The number of nitrogens with one attached hydrogen (secondary N) is 2. The van der Waals surface area contributed by atoms with E-state index in [1.165, 1.54) is 18.2 Å². The molecule has 1 saturated carbocycles. The molecule has 1 atom stereocenters.